The molecule has 3 rings (SSSR count). The van der Waals surface area contributed by atoms with Crippen molar-refractivity contribution >= 4 is 34.3 Å². The fourth-order valence-electron chi connectivity index (χ4n) is 2.83. The number of nitriles is 1. The Kier molecular flexibility index (Phi) is 6.90. The molecule has 7 nitrogen and oxygen atoms in total. The number of rotatable bonds is 7. The van der Waals surface area contributed by atoms with E-state index in [0.717, 1.165) is 5.56 Å². The molecule has 2 aromatic heterocycles. The minimum Gasteiger partial charge on any atom is -0.497 e. The third kappa shape index (κ3) is 5.02. The molecule has 0 radical (unpaired) electrons. The van der Waals surface area contributed by atoms with Crippen molar-refractivity contribution in [2.24, 2.45) is 0 Å². The molecule has 0 aliphatic heterocycles. The van der Waals surface area contributed by atoms with Gasteiger partial charge in [0.05, 0.1) is 13.7 Å². The van der Waals surface area contributed by atoms with E-state index < -0.39 is 11.9 Å². The van der Waals surface area contributed by atoms with Crippen LogP contribution in [0.2, 0.25) is 0 Å². The number of hydrogen-bond acceptors (Lipinski definition) is 7. The molecule has 1 aromatic carbocycles. The Bertz CT molecular complexity index is 1170. The first-order chi connectivity index (χ1) is 15.0. The number of esters is 1. The minimum atomic E-state index is -0.648. The summed E-state index contributed by atoms with van der Waals surface area (Å²) in [6.45, 7) is 3.66. The van der Waals surface area contributed by atoms with Crippen LogP contribution in [0.3, 0.4) is 0 Å². The van der Waals surface area contributed by atoms with Crippen LogP contribution in [0.25, 0.3) is 17.2 Å². The van der Waals surface area contributed by atoms with E-state index in [1.165, 1.54) is 17.4 Å². The van der Waals surface area contributed by atoms with Gasteiger partial charge in [0.1, 0.15) is 39.5 Å². The maximum Gasteiger partial charge on any atom is 0.341 e. The van der Waals surface area contributed by atoms with Crippen LogP contribution >= 0.6 is 11.3 Å². The second-order valence-corrected chi connectivity index (χ2v) is 7.25. The van der Waals surface area contributed by atoms with Gasteiger partial charge in [-0.2, -0.15) is 5.26 Å². The molecule has 0 bridgehead atoms. The van der Waals surface area contributed by atoms with Gasteiger partial charge in [-0.25, -0.2) is 4.79 Å². The normalized spacial score (nSPS) is 11.0. The maximum absolute atomic E-state index is 12.7. The first-order valence-corrected chi connectivity index (χ1v) is 10.3. The number of hydrogen-bond donors (Lipinski definition) is 1. The van der Waals surface area contributed by atoms with Crippen molar-refractivity contribution in [3.8, 4) is 22.9 Å². The number of nitrogens with zero attached hydrogens (tertiary/aromatic N) is 1. The Morgan fingerprint density at radius 1 is 1.23 bits per heavy atom. The monoisotopic (exact) mass is 436 g/mol. The number of nitrogens with one attached hydrogen (secondary N) is 1. The first kappa shape index (κ1) is 21.9. The van der Waals surface area contributed by atoms with Crippen LogP contribution in [-0.4, -0.2) is 25.6 Å². The summed E-state index contributed by atoms with van der Waals surface area (Å²) in [7, 11) is 1.57. The largest absolute Gasteiger partial charge is 0.497 e. The Labute approximate surface area is 183 Å². The van der Waals surface area contributed by atoms with Crippen LogP contribution in [0.1, 0.15) is 28.8 Å². The lowest BCUT2D eigenvalue weighted by atomic mass is 10.0. The van der Waals surface area contributed by atoms with Gasteiger partial charge in [-0.05, 0) is 43.7 Å². The number of methoxy groups -OCH3 is 1. The third-order valence-electron chi connectivity index (χ3n) is 4.31. The molecular weight excluding hydrogens is 416 g/mol. The summed E-state index contributed by atoms with van der Waals surface area (Å²) in [5.74, 6) is 0.525. The molecule has 8 heteroatoms. The molecule has 0 fully saturated rings. The van der Waals surface area contributed by atoms with Gasteiger partial charge in [-0.15, -0.1) is 11.3 Å². The topological polar surface area (TPSA) is 102 Å². The molecule has 0 saturated carbocycles. The van der Waals surface area contributed by atoms with Gasteiger partial charge in [0, 0.05) is 17.0 Å². The summed E-state index contributed by atoms with van der Waals surface area (Å²) in [4.78, 5) is 25.4. The van der Waals surface area contributed by atoms with E-state index in [-0.39, 0.29) is 17.7 Å². The van der Waals surface area contributed by atoms with Crippen LogP contribution in [0.15, 0.2) is 51.8 Å². The number of thiophene rings is 1. The minimum absolute atomic E-state index is 0.149. The summed E-state index contributed by atoms with van der Waals surface area (Å²) < 4.78 is 15.8. The standard InChI is InChI=1S/C23H20N2O5S/c1-4-29-23(27)20-19(15-6-9-17(28-3)10-7-15)13-31-22(20)25-21(26)16(12-24)11-18-8-5-14(2)30-18/h5-11,13H,4H2,1-3H3,(H,25,26)/b16-11+. The van der Waals surface area contributed by atoms with Crippen LogP contribution in [-0.2, 0) is 9.53 Å². The molecule has 1 amide bonds. The first-order valence-electron chi connectivity index (χ1n) is 9.39. The molecule has 0 saturated heterocycles. The van der Waals surface area contributed by atoms with Gasteiger partial charge in [-0.1, -0.05) is 12.1 Å². The molecule has 158 valence electrons. The van der Waals surface area contributed by atoms with E-state index >= 15 is 0 Å². The van der Waals surface area contributed by atoms with Gasteiger partial charge < -0.3 is 19.2 Å². The highest BCUT2D eigenvalue weighted by atomic mass is 32.1. The van der Waals surface area contributed by atoms with E-state index in [1.54, 1.807) is 50.6 Å². The Balaban J connectivity index is 1.95. The van der Waals surface area contributed by atoms with Crippen molar-refractivity contribution in [1.82, 2.24) is 0 Å². The lowest BCUT2D eigenvalue weighted by Crippen LogP contribution is -2.16. The van der Waals surface area contributed by atoms with E-state index in [1.807, 2.05) is 18.2 Å². The average molecular weight is 436 g/mol. The molecule has 0 aliphatic rings. The number of anilines is 1. The maximum atomic E-state index is 12.7. The third-order valence-corrected chi connectivity index (χ3v) is 5.21. The van der Waals surface area contributed by atoms with Crippen LogP contribution in [0.5, 0.6) is 5.75 Å². The molecule has 0 aliphatic carbocycles. The number of aryl methyl sites for hydroxylation is 1. The molecule has 0 spiro atoms. The van der Waals surface area contributed by atoms with Crippen molar-refractivity contribution in [3.05, 3.63) is 64.4 Å². The van der Waals surface area contributed by atoms with E-state index in [9.17, 15) is 14.9 Å². The predicted molar refractivity (Wildman–Crippen MR) is 118 cm³/mol. The Morgan fingerprint density at radius 2 is 1.97 bits per heavy atom. The molecular formula is C23H20N2O5S. The Hall–Kier alpha value is -3.83. The van der Waals surface area contributed by atoms with E-state index in [0.29, 0.717) is 27.8 Å². The average Bonchev–Trinajstić information content (AvgIpc) is 3.38. The number of amides is 1. The number of carbonyl (C=O) groups excluding carboxylic acids is 2. The molecule has 31 heavy (non-hydrogen) atoms. The molecule has 1 N–H and O–H groups in total. The zero-order valence-corrected chi connectivity index (χ0v) is 18.0. The fraction of sp³-hybridized carbons (Fsp3) is 0.174. The van der Waals surface area contributed by atoms with Crippen LogP contribution in [0, 0.1) is 18.3 Å². The van der Waals surface area contributed by atoms with Gasteiger partial charge in [0.15, 0.2) is 0 Å². The zero-order valence-electron chi connectivity index (χ0n) is 17.2. The molecule has 0 atom stereocenters. The van der Waals surface area contributed by atoms with Crippen molar-refractivity contribution in [2.45, 2.75) is 13.8 Å². The van der Waals surface area contributed by atoms with Crippen molar-refractivity contribution in [3.63, 3.8) is 0 Å². The van der Waals surface area contributed by atoms with Crippen molar-refractivity contribution < 1.29 is 23.5 Å². The number of furan rings is 1. The molecule has 0 unspecified atom stereocenters. The smallest absolute Gasteiger partial charge is 0.341 e. The molecule has 3 aromatic rings. The number of ether oxygens (including phenoxy) is 2. The van der Waals surface area contributed by atoms with Crippen molar-refractivity contribution in [2.75, 3.05) is 19.0 Å². The van der Waals surface area contributed by atoms with Gasteiger partial charge in [-0.3, -0.25) is 4.79 Å². The predicted octanol–water partition coefficient (Wildman–Crippen LogP) is 5.05. The lowest BCUT2D eigenvalue weighted by Gasteiger charge is -2.09. The molecule has 2 heterocycles. The second-order valence-electron chi connectivity index (χ2n) is 6.37. The zero-order chi connectivity index (χ0) is 22.4. The highest BCUT2D eigenvalue weighted by molar-refractivity contribution is 7.15. The quantitative estimate of drug-likeness (QED) is 0.316. The summed E-state index contributed by atoms with van der Waals surface area (Å²) in [5.41, 5.74) is 1.47. The van der Waals surface area contributed by atoms with E-state index in [4.69, 9.17) is 13.9 Å². The van der Waals surface area contributed by atoms with Gasteiger partial charge in [0.25, 0.3) is 5.91 Å². The lowest BCUT2D eigenvalue weighted by molar-refractivity contribution is -0.112. The fourth-order valence-corrected chi connectivity index (χ4v) is 3.78. The van der Waals surface area contributed by atoms with Gasteiger partial charge >= 0.3 is 5.97 Å². The highest BCUT2D eigenvalue weighted by Crippen LogP contribution is 2.37. The Morgan fingerprint density at radius 3 is 2.55 bits per heavy atom. The second kappa shape index (κ2) is 9.78. The van der Waals surface area contributed by atoms with E-state index in [2.05, 4.69) is 5.32 Å². The van der Waals surface area contributed by atoms with Gasteiger partial charge in [0.2, 0.25) is 0 Å². The summed E-state index contributed by atoms with van der Waals surface area (Å²) in [6, 6.07) is 12.5. The summed E-state index contributed by atoms with van der Waals surface area (Å²) in [5, 5.41) is 14.1. The summed E-state index contributed by atoms with van der Waals surface area (Å²) >= 11 is 1.18. The SMILES string of the molecule is CCOC(=O)c1c(-c2ccc(OC)cc2)csc1NC(=O)/C(C#N)=C/c1ccc(C)o1. The van der Waals surface area contributed by atoms with Crippen LogP contribution in [0.4, 0.5) is 5.00 Å². The van der Waals surface area contributed by atoms with Crippen LogP contribution < -0.4 is 10.1 Å². The summed E-state index contributed by atoms with van der Waals surface area (Å²) in [6.07, 6.45) is 1.35. The van der Waals surface area contributed by atoms with Crippen molar-refractivity contribution in [1.29, 1.82) is 5.26 Å². The number of carbonyl (C=O) groups is 2. The number of benzene rings is 1. The highest BCUT2D eigenvalue weighted by Gasteiger charge is 2.24.